The van der Waals surface area contributed by atoms with E-state index in [9.17, 15) is 14.4 Å². The maximum absolute atomic E-state index is 12.1. The van der Waals surface area contributed by atoms with Crippen LogP contribution in [0, 0.1) is 5.92 Å². The zero-order valence-corrected chi connectivity index (χ0v) is 17.9. The number of anilines is 1. The Balaban J connectivity index is 1.38. The summed E-state index contributed by atoms with van der Waals surface area (Å²) in [4.78, 5) is 46.0. The van der Waals surface area contributed by atoms with E-state index in [-0.39, 0.29) is 23.1 Å². The number of hydrogen-bond donors (Lipinski definition) is 3. The molecule has 2 unspecified atom stereocenters. The van der Waals surface area contributed by atoms with Crippen LogP contribution in [0.5, 0.6) is 11.5 Å². The number of nitrogens with one attached hydrogen (secondary N) is 2. The zero-order valence-electron chi connectivity index (χ0n) is 17.9. The Morgan fingerprint density at radius 2 is 2.12 bits per heavy atom. The lowest BCUT2D eigenvalue weighted by Crippen LogP contribution is -2.40. The van der Waals surface area contributed by atoms with Crippen molar-refractivity contribution < 1.29 is 23.8 Å². The van der Waals surface area contributed by atoms with Gasteiger partial charge in [-0.25, -0.2) is 14.6 Å². The third kappa shape index (κ3) is 4.95. The number of fused-ring (bicyclic) bond motifs is 1. The number of ether oxygens (including phenoxy) is 3. The molecule has 12 nitrogen and oxygen atoms in total. The molecule has 0 aliphatic heterocycles. The van der Waals surface area contributed by atoms with E-state index in [4.69, 9.17) is 15.2 Å². The fraction of sp³-hybridized carbons (Fsp3) is 0.286. The van der Waals surface area contributed by atoms with Crippen molar-refractivity contribution in [3.05, 3.63) is 46.5 Å². The monoisotopic (exact) mass is 454 g/mol. The molecule has 0 spiro atoms. The molecule has 1 fully saturated rings. The number of para-hydroxylation sites is 2. The number of imidazole rings is 1. The van der Waals surface area contributed by atoms with Crippen molar-refractivity contribution in [3.63, 3.8) is 0 Å². The average molecular weight is 454 g/mol. The fourth-order valence-corrected chi connectivity index (χ4v) is 3.15. The van der Waals surface area contributed by atoms with Gasteiger partial charge in [0.25, 0.3) is 5.56 Å². The number of carbonyl (C=O) groups excluding carboxylic acids is 2. The number of aromatic nitrogens is 4. The topological polar surface area (TPSA) is 163 Å². The molecular weight excluding hydrogens is 432 g/mol. The molecule has 4 N–H and O–H groups in total. The SMILES string of the molecule is COC(=O)C(C)NC(=O)Oc1ccccc1OCC1CC1=Cn1cnc2c(=O)[nH]c(N)nc21. The van der Waals surface area contributed by atoms with Gasteiger partial charge in [-0.3, -0.25) is 14.3 Å². The summed E-state index contributed by atoms with van der Waals surface area (Å²) in [6.45, 7) is 1.84. The van der Waals surface area contributed by atoms with Crippen LogP contribution in [0.15, 0.2) is 41.0 Å². The lowest BCUT2D eigenvalue weighted by Gasteiger charge is -2.14. The van der Waals surface area contributed by atoms with Gasteiger partial charge in [-0.15, -0.1) is 0 Å². The highest BCUT2D eigenvalue weighted by Gasteiger charge is 2.31. The minimum Gasteiger partial charge on any atom is -0.489 e. The molecule has 1 aliphatic rings. The summed E-state index contributed by atoms with van der Waals surface area (Å²) in [5, 5.41) is 2.39. The molecule has 0 saturated heterocycles. The number of aromatic amines is 1. The summed E-state index contributed by atoms with van der Waals surface area (Å²) >= 11 is 0. The Morgan fingerprint density at radius 3 is 2.88 bits per heavy atom. The number of esters is 1. The number of rotatable bonds is 7. The van der Waals surface area contributed by atoms with Crippen molar-refractivity contribution in [1.29, 1.82) is 0 Å². The largest absolute Gasteiger partial charge is 0.489 e. The van der Waals surface area contributed by atoms with Crippen LogP contribution in [0.25, 0.3) is 17.4 Å². The van der Waals surface area contributed by atoms with E-state index < -0.39 is 23.7 Å². The molecule has 1 aromatic carbocycles. The second-order valence-corrected chi connectivity index (χ2v) is 7.42. The van der Waals surface area contributed by atoms with E-state index >= 15 is 0 Å². The van der Waals surface area contributed by atoms with Gasteiger partial charge in [0, 0.05) is 12.1 Å². The molecule has 1 amide bonds. The number of amides is 1. The van der Waals surface area contributed by atoms with Gasteiger partial charge in [0.05, 0.1) is 13.7 Å². The van der Waals surface area contributed by atoms with Crippen molar-refractivity contribution in [2.45, 2.75) is 19.4 Å². The predicted molar refractivity (Wildman–Crippen MR) is 118 cm³/mol. The summed E-state index contributed by atoms with van der Waals surface area (Å²) in [5.41, 5.74) is 6.89. The molecule has 12 heteroatoms. The van der Waals surface area contributed by atoms with E-state index in [0.717, 1.165) is 12.0 Å². The summed E-state index contributed by atoms with van der Waals surface area (Å²) in [6, 6.07) is 5.88. The van der Waals surface area contributed by atoms with Crippen LogP contribution < -0.4 is 26.1 Å². The third-order valence-electron chi connectivity index (χ3n) is 4.98. The average Bonchev–Trinajstić information content (AvgIpc) is 3.40. The number of methoxy groups -OCH3 is 1. The molecule has 2 aromatic heterocycles. The Morgan fingerprint density at radius 1 is 1.36 bits per heavy atom. The minimum absolute atomic E-state index is 0.0185. The number of nitrogens with two attached hydrogens (primary N) is 1. The van der Waals surface area contributed by atoms with Gasteiger partial charge in [0.1, 0.15) is 12.4 Å². The molecule has 33 heavy (non-hydrogen) atoms. The molecule has 3 aromatic rings. The van der Waals surface area contributed by atoms with E-state index in [0.29, 0.717) is 18.0 Å². The lowest BCUT2D eigenvalue weighted by molar-refractivity contribution is -0.142. The minimum atomic E-state index is -0.852. The van der Waals surface area contributed by atoms with Crippen LogP contribution in [-0.2, 0) is 9.53 Å². The normalized spacial score (nSPS) is 16.9. The maximum atomic E-state index is 12.1. The molecule has 172 valence electrons. The van der Waals surface area contributed by atoms with Crippen LogP contribution in [0.1, 0.15) is 13.3 Å². The molecular formula is C21H22N6O6. The third-order valence-corrected chi connectivity index (χ3v) is 4.98. The van der Waals surface area contributed by atoms with Crippen molar-refractivity contribution in [2.24, 2.45) is 5.92 Å². The number of carbonyl (C=O) groups is 2. The lowest BCUT2D eigenvalue weighted by atomic mass is 10.3. The molecule has 2 heterocycles. The molecule has 2 atom stereocenters. The van der Waals surface area contributed by atoms with E-state index in [2.05, 4.69) is 25.0 Å². The van der Waals surface area contributed by atoms with Gasteiger partial charge >= 0.3 is 12.1 Å². The van der Waals surface area contributed by atoms with Crippen LogP contribution in [0.4, 0.5) is 10.7 Å². The maximum Gasteiger partial charge on any atom is 0.413 e. The van der Waals surface area contributed by atoms with Gasteiger partial charge < -0.3 is 25.3 Å². The first-order valence-corrected chi connectivity index (χ1v) is 10.1. The Hall–Kier alpha value is -4.35. The Bertz CT molecular complexity index is 1300. The second-order valence-electron chi connectivity index (χ2n) is 7.42. The zero-order chi connectivity index (χ0) is 23.5. The number of hydrogen-bond acceptors (Lipinski definition) is 9. The van der Waals surface area contributed by atoms with E-state index in [1.165, 1.54) is 20.4 Å². The van der Waals surface area contributed by atoms with Gasteiger partial charge in [-0.2, -0.15) is 4.98 Å². The molecule has 1 saturated carbocycles. The quantitative estimate of drug-likeness (QED) is 0.446. The van der Waals surface area contributed by atoms with Gasteiger partial charge in [-0.1, -0.05) is 12.1 Å². The summed E-state index contributed by atoms with van der Waals surface area (Å²) in [6.07, 6.45) is 3.34. The number of nitrogen functional groups attached to an aromatic ring is 1. The first-order valence-electron chi connectivity index (χ1n) is 10.1. The van der Waals surface area contributed by atoms with E-state index in [1.807, 2.05) is 6.20 Å². The standard InChI is InChI=1S/C21H22N6O6/c1-11(19(29)31-2)24-21(30)33-15-6-4-3-5-14(15)32-9-13-7-12(13)8-27-10-23-16-17(27)25-20(22)26-18(16)28/h3-6,8,10-11,13H,7,9H2,1-2H3,(H,24,30)(H3,22,25,26,28). The first kappa shape index (κ1) is 21.9. The van der Waals surface area contributed by atoms with Gasteiger partial charge in [0.15, 0.2) is 22.7 Å². The molecule has 0 bridgehead atoms. The van der Waals surface area contributed by atoms with Crippen molar-refractivity contribution in [1.82, 2.24) is 24.8 Å². The van der Waals surface area contributed by atoms with Gasteiger partial charge in [0.2, 0.25) is 5.95 Å². The van der Waals surface area contributed by atoms with Crippen LogP contribution in [0.3, 0.4) is 0 Å². The second kappa shape index (κ2) is 9.02. The van der Waals surface area contributed by atoms with Crippen molar-refractivity contribution in [2.75, 3.05) is 19.5 Å². The number of H-pyrrole nitrogens is 1. The number of nitrogens with zero attached hydrogens (tertiary/aromatic N) is 3. The summed E-state index contributed by atoms with van der Waals surface area (Å²) in [5.74, 6) is 0.183. The number of benzene rings is 1. The summed E-state index contributed by atoms with van der Waals surface area (Å²) < 4.78 is 17.4. The highest BCUT2D eigenvalue weighted by molar-refractivity contribution is 5.81. The first-order chi connectivity index (χ1) is 15.9. The Labute approximate surface area is 187 Å². The van der Waals surface area contributed by atoms with Gasteiger partial charge in [-0.05, 0) is 31.1 Å². The summed E-state index contributed by atoms with van der Waals surface area (Å²) in [7, 11) is 1.23. The molecule has 0 radical (unpaired) electrons. The van der Waals surface area contributed by atoms with Crippen LogP contribution >= 0.6 is 0 Å². The highest BCUT2D eigenvalue weighted by atomic mass is 16.6. The van der Waals surface area contributed by atoms with Crippen LogP contribution in [-0.4, -0.2) is 51.3 Å². The van der Waals surface area contributed by atoms with E-state index in [1.54, 1.807) is 28.8 Å². The predicted octanol–water partition coefficient (Wildman–Crippen LogP) is 1.29. The smallest absolute Gasteiger partial charge is 0.413 e. The molecule has 4 rings (SSSR count). The molecule has 1 aliphatic carbocycles. The Kier molecular flexibility index (Phi) is 5.98. The van der Waals surface area contributed by atoms with Crippen molar-refractivity contribution >= 4 is 35.4 Å². The van der Waals surface area contributed by atoms with Crippen LogP contribution in [0.2, 0.25) is 0 Å². The fourth-order valence-electron chi connectivity index (χ4n) is 3.15. The van der Waals surface area contributed by atoms with Crippen molar-refractivity contribution in [3.8, 4) is 11.5 Å². The highest BCUT2D eigenvalue weighted by Crippen LogP contribution is 2.39.